The number of halogens is 2. The number of benzene rings is 1. The summed E-state index contributed by atoms with van der Waals surface area (Å²) in [4.78, 5) is 23.2. The second-order valence-electron chi connectivity index (χ2n) is 4.97. The summed E-state index contributed by atoms with van der Waals surface area (Å²) in [6.45, 7) is 0. The maximum Gasteiger partial charge on any atom is 0.306 e. The van der Waals surface area contributed by atoms with Crippen LogP contribution in [0, 0.1) is 5.92 Å². The highest BCUT2D eigenvalue weighted by atomic mass is 35.5. The minimum absolute atomic E-state index is 0.148. The highest BCUT2D eigenvalue weighted by Gasteiger charge is 2.28. The van der Waals surface area contributed by atoms with Crippen LogP contribution < -0.4 is 5.32 Å². The van der Waals surface area contributed by atoms with E-state index >= 15 is 0 Å². The Morgan fingerprint density at radius 3 is 2.45 bits per heavy atom. The van der Waals surface area contributed by atoms with Gasteiger partial charge in [0, 0.05) is 6.04 Å². The first-order valence-corrected chi connectivity index (χ1v) is 7.22. The molecule has 2 rings (SSSR count). The molecule has 0 aliphatic heterocycles. The largest absolute Gasteiger partial charge is 0.481 e. The minimum Gasteiger partial charge on any atom is -0.481 e. The second-order valence-corrected chi connectivity index (χ2v) is 5.78. The van der Waals surface area contributed by atoms with Gasteiger partial charge in [-0.25, -0.2) is 0 Å². The molecule has 1 aromatic rings. The Balaban J connectivity index is 2.06. The molecule has 1 aromatic carbocycles. The van der Waals surface area contributed by atoms with Gasteiger partial charge in [-0.1, -0.05) is 35.7 Å². The molecular formula is C14H15Cl2NO3. The van der Waals surface area contributed by atoms with Crippen molar-refractivity contribution in [2.75, 3.05) is 0 Å². The molecule has 2 N–H and O–H groups in total. The average molecular weight is 316 g/mol. The average Bonchev–Trinajstić information content (AvgIpc) is 2.38. The number of carbonyl (C=O) groups excluding carboxylic acids is 1. The van der Waals surface area contributed by atoms with E-state index in [1.165, 1.54) is 0 Å². The Hall–Kier alpha value is -1.26. The van der Waals surface area contributed by atoms with Crippen LogP contribution in [-0.2, 0) is 4.79 Å². The smallest absolute Gasteiger partial charge is 0.306 e. The molecule has 1 fully saturated rings. The normalized spacial score (nSPS) is 22.3. The molecule has 0 bridgehead atoms. The Bertz CT molecular complexity index is 513. The van der Waals surface area contributed by atoms with Gasteiger partial charge in [0.1, 0.15) is 0 Å². The van der Waals surface area contributed by atoms with Gasteiger partial charge in [0.05, 0.1) is 21.5 Å². The number of carboxylic acid groups (broad SMARTS) is 1. The number of amides is 1. The molecule has 1 saturated carbocycles. The fourth-order valence-corrected chi connectivity index (χ4v) is 3.09. The third-order valence-electron chi connectivity index (χ3n) is 3.55. The number of rotatable bonds is 3. The molecule has 1 aliphatic rings. The lowest BCUT2D eigenvalue weighted by atomic mass is 9.85. The Morgan fingerprint density at radius 1 is 1.20 bits per heavy atom. The van der Waals surface area contributed by atoms with E-state index < -0.39 is 11.9 Å². The third kappa shape index (κ3) is 3.44. The van der Waals surface area contributed by atoms with E-state index in [2.05, 4.69) is 5.32 Å². The van der Waals surface area contributed by atoms with Crippen molar-refractivity contribution in [3.63, 3.8) is 0 Å². The van der Waals surface area contributed by atoms with E-state index in [-0.39, 0.29) is 17.5 Å². The lowest BCUT2D eigenvalue weighted by molar-refractivity contribution is -0.143. The molecule has 4 nitrogen and oxygen atoms in total. The molecule has 0 aromatic heterocycles. The standard InChI is InChI=1S/C14H15Cl2NO3/c15-10-5-2-6-11(16)12(10)13(18)17-9-4-1-3-8(7-9)14(19)20/h2,5-6,8-9H,1,3-4,7H2,(H,17,18)(H,19,20). The van der Waals surface area contributed by atoms with Crippen LogP contribution in [0.3, 0.4) is 0 Å². The van der Waals surface area contributed by atoms with Crippen molar-refractivity contribution < 1.29 is 14.7 Å². The third-order valence-corrected chi connectivity index (χ3v) is 4.18. The van der Waals surface area contributed by atoms with Gasteiger partial charge in [-0.2, -0.15) is 0 Å². The van der Waals surface area contributed by atoms with Crippen LogP contribution in [-0.4, -0.2) is 23.0 Å². The molecule has 108 valence electrons. The van der Waals surface area contributed by atoms with Gasteiger partial charge in [0.2, 0.25) is 0 Å². The molecule has 1 aliphatic carbocycles. The van der Waals surface area contributed by atoms with Gasteiger partial charge < -0.3 is 10.4 Å². The van der Waals surface area contributed by atoms with E-state index in [9.17, 15) is 9.59 Å². The van der Waals surface area contributed by atoms with Crippen LogP contribution >= 0.6 is 23.2 Å². The molecule has 0 heterocycles. The van der Waals surface area contributed by atoms with Gasteiger partial charge in [-0.3, -0.25) is 9.59 Å². The molecular weight excluding hydrogens is 301 g/mol. The van der Waals surface area contributed by atoms with Crippen molar-refractivity contribution in [3.8, 4) is 0 Å². The highest BCUT2D eigenvalue weighted by molar-refractivity contribution is 6.39. The van der Waals surface area contributed by atoms with E-state index in [1.54, 1.807) is 18.2 Å². The van der Waals surface area contributed by atoms with Crippen LogP contribution in [0.5, 0.6) is 0 Å². The van der Waals surface area contributed by atoms with Crippen molar-refractivity contribution in [2.24, 2.45) is 5.92 Å². The lowest BCUT2D eigenvalue weighted by Gasteiger charge is -2.27. The fourth-order valence-electron chi connectivity index (χ4n) is 2.52. The zero-order chi connectivity index (χ0) is 14.7. The van der Waals surface area contributed by atoms with Gasteiger partial charge in [-0.05, 0) is 31.4 Å². The van der Waals surface area contributed by atoms with Crippen LogP contribution in [0.15, 0.2) is 18.2 Å². The Morgan fingerprint density at radius 2 is 1.85 bits per heavy atom. The van der Waals surface area contributed by atoms with Crippen molar-refractivity contribution >= 4 is 35.1 Å². The van der Waals surface area contributed by atoms with Gasteiger partial charge in [0.15, 0.2) is 0 Å². The maximum atomic E-state index is 12.2. The van der Waals surface area contributed by atoms with Crippen LogP contribution in [0.2, 0.25) is 10.0 Å². The quantitative estimate of drug-likeness (QED) is 0.898. The molecule has 6 heteroatoms. The van der Waals surface area contributed by atoms with E-state index in [4.69, 9.17) is 28.3 Å². The second kappa shape index (κ2) is 6.46. The van der Waals surface area contributed by atoms with Gasteiger partial charge in [0.25, 0.3) is 5.91 Å². The molecule has 0 saturated heterocycles. The molecule has 0 spiro atoms. The number of hydrogen-bond acceptors (Lipinski definition) is 2. The van der Waals surface area contributed by atoms with E-state index in [0.29, 0.717) is 22.9 Å². The number of carboxylic acids is 1. The molecule has 2 atom stereocenters. The molecule has 0 radical (unpaired) electrons. The topological polar surface area (TPSA) is 66.4 Å². The predicted octanol–water partition coefficient (Wildman–Crippen LogP) is 3.37. The predicted molar refractivity (Wildman–Crippen MR) is 77.3 cm³/mol. The Labute approximate surface area is 127 Å². The fraction of sp³-hybridized carbons (Fsp3) is 0.429. The summed E-state index contributed by atoms with van der Waals surface area (Å²) in [5.41, 5.74) is 0.244. The summed E-state index contributed by atoms with van der Waals surface area (Å²) in [7, 11) is 0. The first-order valence-electron chi connectivity index (χ1n) is 6.46. The minimum atomic E-state index is -0.806. The SMILES string of the molecule is O=C(NC1CCCC(C(=O)O)C1)c1c(Cl)cccc1Cl. The number of carbonyl (C=O) groups is 2. The lowest BCUT2D eigenvalue weighted by Crippen LogP contribution is -2.40. The first kappa shape index (κ1) is 15.1. The molecule has 2 unspecified atom stereocenters. The van der Waals surface area contributed by atoms with Gasteiger partial charge >= 0.3 is 5.97 Å². The first-order chi connectivity index (χ1) is 9.49. The maximum absolute atomic E-state index is 12.2. The van der Waals surface area contributed by atoms with E-state index in [0.717, 1.165) is 12.8 Å². The zero-order valence-electron chi connectivity index (χ0n) is 10.7. The zero-order valence-corrected chi connectivity index (χ0v) is 12.2. The van der Waals surface area contributed by atoms with Gasteiger partial charge in [-0.15, -0.1) is 0 Å². The van der Waals surface area contributed by atoms with Crippen LogP contribution in [0.4, 0.5) is 0 Å². The van der Waals surface area contributed by atoms with Crippen LogP contribution in [0.25, 0.3) is 0 Å². The van der Waals surface area contributed by atoms with E-state index in [1.807, 2.05) is 0 Å². The molecule has 1 amide bonds. The molecule has 20 heavy (non-hydrogen) atoms. The summed E-state index contributed by atoms with van der Waals surface area (Å²) in [5, 5.41) is 12.5. The summed E-state index contributed by atoms with van der Waals surface area (Å²) < 4.78 is 0. The Kier molecular flexibility index (Phi) is 4.89. The summed E-state index contributed by atoms with van der Waals surface area (Å²) >= 11 is 12.0. The van der Waals surface area contributed by atoms with Crippen molar-refractivity contribution in [1.29, 1.82) is 0 Å². The number of nitrogens with one attached hydrogen (secondary N) is 1. The summed E-state index contributed by atoms with van der Waals surface area (Å²) in [5.74, 6) is -1.55. The highest BCUT2D eigenvalue weighted by Crippen LogP contribution is 2.27. The summed E-state index contributed by atoms with van der Waals surface area (Å²) in [6, 6.07) is 4.72. The van der Waals surface area contributed by atoms with Crippen molar-refractivity contribution in [1.82, 2.24) is 5.32 Å². The van der Waals surface area contributed by atoms with Crippen LogP contribution in [0.1, 0.15) is 36.0 Å². The number of hydrogen-bond donors (Lipinski definition) is 2. The van der Waals surface area contributed by atoms with Crippen molar-refractivity contribution in [2.45, 2.75) is 31.7 Å². The monoisotopic (exact) mass is 315 g/mol. The summed E-state index contributed by atoms with van der Waals surface area (Å²) in [6.07, 6.45) is 2.67. The number of aliphatic carboxylic acids is 1. The van der Waals surface area contributed by atoms with Crippen molar-refractivity contribution in [3.05, 3.63) is 33.8 Å².